The largest absolute Gasteiger partial charge is 0.397 e. The molecule has 1 aliphatic heterocycles. The number of nitrogens with two attached hydrogens (primary N) is 1. The highest BCUT2D eigenvalue weighted by molar-refractivity contribution is 7.07. The summed E-state index contributed by atoms with van der Waals surface area (Å²) in [6.07, 6.45) is 0.960. The number of thiophene rings is 1. The number of nitrogen functional groups attached to an aromatic ring is 1. The molecule has 2 aromatic rings. The van der Waals surface area contributed by atoms with Crippen LogP contribution in [0.5, 0.6) is 0 Å². The minimum absolute atomic E-state index is 0.123. The number of rotatable bonds is 4. The molecule has 2 N–H and O–H groups in total. The highest BCUT2D eigenvalue weighted by Crippen LogP contribution is 2.33. The lowest BCUT2D eigenvalue weighted by Gasteiger charge is -2.24. The number of likely N-dealkylation sites (N-methyl/N-ethyl adjacent to an activating group) is 1. The fourth-order valence-corrected chi connectivity index (χ4v) is 3.41. The Morgan fingerprint density at radius 1 is 1.43 bits per heavy atom. The molecule has 5 heteroatoms. The van der Waals surface area contributed by atoms with Gasteiger partial charge in [0.2, 0.25) is 5.91 Å². The average molecular weight is 301 g/mol. The Hall–Kier alpha value is -2.01. The van der Waals surface area contributed by atoms with Gasteiger partial charge >= 0.3 is 0 Å². The highest BCUT2D eigenvalue weighted by atomic mass is 32.1. The zero-order valence-electron chi connectivity index (χ0n) is 12.1. The van der Waals surface area contributed by atoms with Crippen molar-refractivity contribution in [3.05, 3.63) is 46.2 Å². The molecule has 0 saturated carbocycles. The molecule has 3 rings (SSSR count). The van der Waals surface area contributed by atoms with E-state index in [-0.39, 0.29) is 5.91 Å². The number of carbonyl (C=O) groups is 1. The SMILES string of the molecule is CN(Cc1ccsc1)C(=O)CN1CCc2cccc(N)c21. The Morgan fingerprint density at radius 2 is 2.29 bits per heavy atom. The van der Waals surface area contributed by atoms with Gasteiger partial charge in [-0.1, -0.05) is 12.1 Å². The van der Waals surface area contributed by atoms with E-state index in [4.69, 9.17) is 5.73 Å². The van der Waals surface area contributed by atoms with Crippen LogP contribution in [0.1, 0.15) is 11.1 Å². The molecule has 1 aromatic heterocycles. The first-order chi connectivity index (χ1) is 10.1. The van der Waals surface area contributed by atoms with Crippen LogP contribution in [0.4, 0.5) is 11.4 Å². The van der Waals surface area contributed by atoms with Gasteiger partial charge in [-0.25, -0.2) is 0 Å². The van der Waals surface area contributed by atoms with Crippen molar-refractivity contribution in [2.45, 2.75) is 13.0 Å². The summed E-state index contributed by atoms with van der Waals surface area (Å²) in [6, 6.07) is 8.02. The van der Waals surface area contributed by atoms with E-state index in [1.165, 1.54) is 11.1 Å². The van der Waals surface area contributed by atoms with Gasteiger partial charge in [-0.15, -0.1) is 0 Å². The van der Waals surface area contributed by atoms with Gasteiger partial charge in [0.25, 0.3) is 0 Å². The summed E-state index contributed by atoms with van der Waals surface area (Å²) in [4.78, 5) is 16.3. The Morgan fingerprint density at radius 3 is 3.05 bits per heavy atom. The Labute approximate surface area is 128 Å². The maximum Gasteiger partial charge on any atom is 0.242 e. The number of nitrogens with zero attached hydrogens (tertiary/aromatic N) is 2. The van der Waals surface area contributed by atoms with Crippen molar-refractivity contribution >= 4 is 28.6 Å². The highest BCUT2D eigenvalue weighted by Gasteiger charge is 2.24. The first kappa shape index (κ1) is 13.9. The minimum atomic E-state index is 0.123. The number of fused-ring (bicyclic) bond motifs is 1. The van der Waals surface area contributed by atoms with Gasteiger partial charge < -0.3 is 15.5 Å². The maximum absolute atomic E-state index is 12.4. The van der Waals surface area contributed by atoms with Gasteiger partial charge in [0, 0.05) is 20.1 Å². The third kappa shape index (κ3) is 2.88. The van der Waals surface area contributed by atoms with E-state index in [0.717, 1.165) is 24.3 Å². The molecule has 1 aliphatic rings. The van der Waals surface area contributed by atoms with E-state index in [9.17, 15) is 4.79 Å². The molecule has 1 amide bonds. The van der Waals surface area contributed by atoms with Gasteiger partial charge in [0.1, 0.15) is 0 Å². The van der Waals surface area contributed by atoms with Gasteiger partial charge in [-0.3, -0.25) is 4.79 Å². The quantitative estimate of drug-likeness (QED) is 0.882. The van der Waals surface area contributed by atoms with Crippen molar-refractivity contribution < 1.29 is 4.79 Å². The first-order valence-electron chi connectivity index (χ1n) is 7.02. The fraction of sp³-hybridized carbons (Fsp3) is 0.312. The minimum Gasteiger partial charge on any atom is -0.397 e. The van der Waals surface area contributed by atoms with Crippen LogP contribution >= 0.6 is 11.3 Å². The van der Waals surface area contributed by atoms with E-state index < -0.39 is 0 Å². The molecule has 1 aromatic carbocycles. The van der Waals surface area contributed by atoms with Crippen LogP contribution in [0.25, 0.3) is 0 Å². The maximum atomic E-state index is 12.4. The zero-order valence-corrected chi connectivity index (χ0v) is 12.9. The second kappa shape index (κ2) is 5.77. The van der Waals surface area contributed by atoms with Crippen molar-refractivity contribution in [1.29, 1.82) is 0 Å². The van der Waals surface area contributed by atoms with Gasteiger partial charge in [-0.05, 0) is 40.4 Å². The predicted octanol–water partition coefficient (Wildman–Crippen LogP) is 2.35. The molecular weight excluding hydrogens is 282 g/mol. The summed E-state index contributed by atoms with van der Waals surface area (Å²) in [7, 11) is 1.85. The lowest BCUT2D eigenvalue weighted by atomic mass is 10.1. The van der Waals surface area contributed by atoms with Crippen molar-refractivity contribution in [1.82, 2.24) is 4.90 Å². The van der Waals surface area contributed by atoms with Gasteiger partial charge in [0.15, 0.2) is 0 Å². The zero-order chi connectivity index (χ0) is 14.8. The molecule has 0 aliphatic carbocycles. The van der Waals surface area contributed by atoms with Crippen LogP contribution in [0.3, 0.4) is 0 Å². The molecule has 2 heterocycles. The summed E-state index contributed by atoms with van der Waals surface area (Å²) < 4.78 is 0. The standard InChI is InChI=1S/C16H19N3OS/c1-18(9-12-6-8-21-11-12)15(20)10-19-7-5-13-3-2-4-14(17)16(13)19/h2-4,6,8,11H,5,7,9-10,17H2,1H3. The van der Waals surface area contributed by atoms with Crippen LogP contribution < -0.4 is 10.6 Å². The Balaban J connectivity index is 1.67. The number of hydrogen-bond acceptors (Lipinski definition) is 4. The van der Waals surface area contributed by atoms with E-state index >= 15 is 0 Å². The van der Waals surface area contributed by atoms with Crippen LogP contribution in [0.15, 0.2) is 35.0 Å². The number of hydrogen-bond donors (Lipinski definition) is 1. The molecular formula is C16H19N3OS. The fourth-order valence-electron chi connectivity index (χ4n) is 2.75. The molecule has 0 atom stereocenters. The number of carbonyl (C=O) groups excluding carboxylic acids is 1. The molecule has 0 bridgehead atoms. The van der Waals surface area contributed by atoms with Crippen LogP contribution in [0.2, 0.25) is 0 Å². The summed E-state index contributed by atoms with van der Waals surface area (Å²) in [5.74, 6) is 0.123. The molecule has 0 radical (unpaired) electrons. The number of amides is 1. The molecule has 0 saturated heterocycles. The van der Waals surface area contributed by atoms with E-state index in [1.807, 2.05) is 24.6 Å². The summed E-state index contributed by atoms with van der Waals surface area (Å²) >= 11 is 1.65. The van der Waals surface area contributed by atoms with Crippen LogP contribution in [-0.4, -0.2) is 30.9 Å². The van der Waals surface area contributed by atoms with E-state index in [1.54, 1.807) is 16.2 Å². The molecule has 0 spiro atoms. The average Bonchev–Trinajstić information content (AvgIpc) is 3.09. The lowest BCUT2D eigenvalue weighted by Crippen LogP contribution is -2.37. The topological polar surface area (TPSA) is 49.6 Å². The normalized spacial score (nSPS) is 13.3. The summed E-state index contributed by atoms with van der Waals surface area (Å²) in [6.45, 7) is 1.91. The number of anilines is 2. The van der Waals surface area contributed by atoms with E-state index in [2.05, 4.69) is 22.4 Å². The molecule has 0 fully saturated rings. The third-order valence-corrected chi connectivity index (χ3v) is 4.60. The third-order valence-electron chi connectivity index (χ3n) is 3.87. The second-order valence-electron chi connectivity index (χ2n) is 5.41. The summed E-state index contributed by atoms with van der Waals surface area (Å²) in [5, 5.41) is 4.11. The second-order valence-corrected chi connectivity index (χ2v) is 6.19. The Bertz CT molecular complexity index is 639. The molecule has 21 heavy (non-hydrogen) atoms. The van der Waals surface area contributed by atoms with Crippen LogP contribution in [0, 0.1) is 0 Å². The van der Waals surface area contributed by atoms with Crippen LogP contribution in [-0.2, 0) is 17.8 Å². The van der Waals surface area contributed by atoms with Crippen molar-refractivity contribution in [2.24, 2.45) is 0 Å². The number of benzene rings is 1. The lowest BCUT2D eigenvalue weighted by molar-refractivity contribution is -0.128. The molecule has 110 valence electrons. The monoisotopic (exact) mass is 301 g/mol. The number of para-hydroxylation sites is 1. The van der Waals surface area contributed by atoms with Gasteiger partial charge in [-0.2, -0.15) is 11.3 Å². The van der Waals surface area contributed by atoms with E-state index in [0.29, 0.717) is 13.1 Å². The molecule has 0 unspecified atom stereocenters. The predicted molar refractivity (Wildman–Crippen MR) is 87.6 cm³/mol. The first-order valence-corrected chi connectivity index (χ1v) is 7.97. The smallest absolute Gasteiger partial charge is 0.242 e. The Kier molecular flexibility index (Phi) is 3.84. The molecule has 4 nitrogen and oxygen atoms in total. The van der Waals surface area contributed by atoms with Crippen molar-refractivity contribution in [2.75, 3.05) is 30.8 Å². The van der Waals surface area contributed by atoms with Crippen molar-refractivity contribution in [3.63, 3.8) is 0 Å². The van der Waals surface area contributed by atoms with Crippen molar-refractivity contribution in [3.8, 4) is 0 Å². The van der Waals surface area contributed by atoms with Gasteiger partial charge in [0.05, 0.1) is 17.9 Å². The summed E-state index contributed by atoms with van der Waals surface area (Å²) in [5.41, 5.74) is 10.3.